The summed E-state index contributed by atoms with van der Waals surface area (Å²) in [4.78, 5) is 10.6. The van der Waals surface area contributed by atoms with Crippen LogP contribution in [0, 0.1) is 5.88 Å². The molecule has 3 heteroatoms. The highest BCUT2D eigenvalue weighted by Gasteiger charge is 2.18. The zero-order chi connectivity index (χ0) is 7.40. The van der Waals surface area contributed by atoms with Crippen LogP contribution in [-0.4, -0.2) is 12.1 Å². The Kier molecular flexibility index (Phi) is 3.00. The van der Waals surface area contributed by atoms with Gasteiger partial charge in [0.05, 0.1) is 0 Å². The molecule has 0 heterocycles. The molecule has 1 saturated carbocycles. The van der Waals surface area contributed by atoms with Crippen molar-refractivity contribution in [3.63, 3.8) is 0 Å². The molecule has 10 heavy (non-hydrogen) atoms. The first-order valence-corrected chi connectivity index (χ1v) is 3.90. The SMILES string of the molecule is O=C([CH]Cl)OC1CCCC1. The Morgan fingerprint density at radius 3 is 2.60 bits per heavy atom. The van der Waals surface area contributed by atoms with Gasteiger partial charge >= 0.3 is 5.97 Å². The van der Waals surface area contributed by atoms with Gasteiger partial charge in [-0.05, 0) is 25.7 Å². The summed E-state index contributed by atoms with van der Waals surface area (Å²) < 4.78 is 4.93. The number of carbonyl (C=O) groups is 1. The summed E-state index contributed by atoms with van der Waals surface area (Å²) in [6, 6.07) is 0. The van der Waals surface area contributed by atoms with Crippen molar-refractivity contribution in [1.82, 2.24) is 0 Å². The average Bonchev–Trinajstić information content (AvgIpc) is 2.40. The van der Waals surface area contributed by atoms with Gasteiger partial charge in [0.25, 0.3) is 0 Å². The molecule has 1 fully saturated rings. The molecule has 0 unspecified atom stereocenters. The fourth-order valence-corrected chi connectivity index (χ4v) is 1.25. The lowest BCUT2D eigenvalue weighted by Crippen LogP contribution is -2.12. The molecule has 0 aliphatic heterocycles. The van der Waals surface area contributed by atoms with E-state index in [1.807, 2.05) is 0 Å². The van der Waals surface area contributed by atoms with Crippen LogP contribution in [0.15, 0.2) is 0 Å². The molecule has 0 aromatic heterocycles. The van der Waals surface area contributed by atoms with Crippen LogP contribution >= 0.6 is 11.6 Å². The summed E-state index contributed by atoms with van der Waals surface area (Å²) in [5.74, 6) is 0.534. The lowest BCUT2D eigenvalue weighted by molar-refractivity contribution is -0.143. The molecule has 0 spiro atoms. The van der Waals surface area contributed by atoms with Gasteiger partial charge in [-0.15, -0.1) is 11.6 Å². The zero-order valence-electron chi connectivity index (χ0n) is 5.68. The number of carbonyl (C=O) groups excluding carboxylic acids is 1. The number of hydrogen-bond acceptors (Lipinski definition) is 2. The van der Waals surface area contributed by atoms with Gasteiger partial charge in [0.15, 0.2) is 5.88 Å². The van der Waals surface area contributed by atoms with E-state index in [2.05, 4.69) is 0 Å². The fourth-order valence-electron chi connectivity index (χ4n) is 1.20. The maximum Gasteiger partial charge on any atom is 0.326 e. The van der Waals surface area contributed by atoms with Gasteiger partial charge in [-0.1, -0.05) is 0 Å². The maximum atomic E-state index is 10.6. The van der Waals surface area contributed by atoms with Crippen molar-refractivity contribution < 1.29 is 9.53 Å². The molecular weight excluding hydrogens is 152 g/mol. The van der Waals surface area contributed by atoms with Crippen LogP contribution in [0.1, 0.15) is 25.7 Å². The summed E-state index contributed by atoms with van der Waals surface area (Å²) in [5, 5.41) is 0. The molecule has 1 radical (unpaired) electrons. The van der Waals surface area contributed by atoms with Crippen molar-refractivity contribution in [2.45, 2.75) is 31.8 Å². The number of esters is 1. The van der Waals surface area contributed by atoms with Crippen LogP contribution < -0.4 is 0 Å². The van der Waals surface area contributed by atoms with Crippen LogP contribution in [0.4, 0.5) is 0 Å². The molecule has 1 rings (SSSR count). The summed E-state index contributed by atoms with van der Waals surface area (Å²) in [6.45, 7) is 0. The third kappa shape index (κ3) is 2.18. The molecule has 0 aromatic rings. The van der Waals surface area contributed by atoms with Crippen LogP contribution in [-0.2, 0) is 9.53 Å². The van der Waals surface area contributed by atoms with E-state index in [0.717, 1.165) is 18.7 Å². The first-order valence-electron chi connectivity index (χ1n) is 3.47. The molecule has 0 bridgehead atoms. The molecule has 0 saturated heterocycles. The second kappa shape index (κ2) is 3.81. The Bertz CT molecular complexity index is 119. The van der Waals surface area contributed by atoms with Gasteiger partial charge in [0, 0.05) is 0 Å². The van der Waals surface area contributed by atoms with Gasteiger partial charge in [-0.3, -0.25) is 4.79 Å². The first-order chi connectivity index (χ1) is 4.83. The van der Waals surface area contributed by atoms with Crippen molar-refractivity contribution >= 4 is 17.6 Å². The van der Waals surface area contributed by atoms with Crippen molar-refractivity contribution in [2.75, 3.05) is 0 Å². The van der Waals surface area contributed by atoms with Crippen molar-refractivity contribution in [1.29, 1.82) is 0 Å². The Hall–Kier alpha value is -0.240. The Morgan fingerprint density at radius 2 is 2.10 bits per heavy atom. The maximum absolute atomic E-state index is 10.6. The van der Waals surface area contributed by atoms with E-state index in [9.17, 15) is 4.79 Å². The number of halogens is 1. The van der Waals surface area contributed by atoms with Gasteiger partial charge in [0.2, 0.25) is 0 Å². The van der Waals surface area contributed by atoms with Gasteiger partial charge in [-0.25, -0.2) is 0 Å². The number of rotatable bonds is 2. The average molecular weight is 162 g/mol. The number of ether oxygens (including phenoxy) is 1. The van der Waals surface area contributed by atoms with Gasteiger partial charge < -0.3 is 4.74 Å². The summed E-state index contributed by atoms with van der Waals surface area (Å²) >= 11 is 5.13. The molecule has 57 valence electrons. The first kappa shape index (κ1) is 7.86. The fraction of sp³-hybridized carbons (Fsp3) is 0.714. The van der Waals surface area contributed by atoms with Gasteiger partial charge in [0.1, 0.15) is 6.10 Å². The van der Waals surface area contributed by atoms with E-state index in [1.54, 1.807) is 0 Å². The minimum Gasteiger partial charge on any atom is -0.461 e. The summed E-state index contributed by atoms with van der Waals surface area (Å²) in [6.07, 6.45) is 4.45. The standard InChI is InChI=1S/C7H10ClO2/c8-5-7(9)10-6-3-1-2-4-6/h5-6H,1-4H2. The lowest BCUT2D eigenvalue weighted by Gasteiger charge is -2.08. The summed E-state index contributed by atoms with van der Waals surface area (Å²) in [5.41, 5.74) is 0. The van der Waals surface area contributed by atoms with Crippen LogP contribution in [0.3, 0.4) is 0 Å². The minimum absolute atomic E-state index is 0.127. The second-order valence-corrected chi connectivity index (χ2v) is 2.67. The predicted octanol–water partition coefficient (Wildman–Crippen LogP) is 1.87. The summed E-state index contributed by atoms with van der Waals surface area (Å²) in [7, 11) is 0. The topological polar surface area (TPSA) is 26.3 Å². The van der Waals surface area contributed by atoms with Crippen LogP contribution in [0.2, 0.25) is 0 Å². The van der Waals surface area contributed by atoms with Crippen molar-refractivity contribution in [3.8, 4) is 0 Å². The van der Waals surface area contributed by atoms with Gasteiger partial charge in [-0.2, -0.15) is 0 Å². The molecule has 0 aromatic carbocycles. The Labute approximate surface area is 65.5 Å². The Morgan fingerprint density at radius 1 is 1.50 bits per heavy atom. The third-order valence-corrected chi connectivity index (χ3v) is 1.85. The molecule has 0 amide bonds. The molecular formula is C7H10ClO2. The second-order valence-electron chi connectivity index (χ2n) is 2.45. The van der Waals surface area contributed by atoms with E-state index < -0.39 is 5.97 Å². The molecule has 1 aliphatic rings. The normalized spacial score (nSPS) is 19.3. The lowest BCUT2D eigenvalue weighted by atomic mass is 10.3. The molecule has 2 nitrogen and oxygen atoms in total. The predicted molar refractivity (Wildman–Crippen MR) is 38.5 cm³/mol. The Balaban J connectivity index is 2.17. The molecule has 0 N–H and O–H groups in total. The zero-order valence-corrected chi connectivity index (χ0v) is 6.43. The minimum atomic E-state index is -0.409. The van der Waals surface area contributed by atoms with Crippen molar-refractivity contribution in [3.05, 3.63) is 5.88 Å². The molecule has 1 aliphatic carbocycles. The monoisotopic (exact) mass is 161 g/mol. The highest BCUT2D eigenvalue weighted by Crippen LogP contribution is 2.21. The van der Waals surface area contributed by atoms with Crippen molar-refractivity contribution in [2.24, 2.45) is 0 Å². The van der Waals surface area contributed by atoms with E-state index in [4.69, 9.17) is 16.3 Å². The smallest absolute Gasteiger partial charge is 0.326 e. The highest BCUT2D eigenvalue weighted by molar-refractivity contribution is 6.33. The molecule has 0 atom stereocenters. The third-order valence-electron chi connectivity index (χ3n) is 1.67. The van der Waals surface area contributed by atoms with E-state index in [1.165, 1.54) is 12.8 Å². The van der Waals surface area contributed by atoms with E-state index in [-0.39, 0.29) is 6.10 Å². The number of hydrogen-bond donors (Lipinski definition) is 0. The quantitative estimate of drug-likeness (QED) is 0.578. The van der Waals surface area contributed by atoms with Crippen LogP contribution in [0.5, 0.6) is 0 Å². The highest BCUT2D eigenvalue weighted by atomic mass is 35.5. The van der Waals surface area contributed by atoms with E-state index in [0.29, 0.717) is 0 Å². The van der Waals surface area contributed by atoms with E-state index >= 15 is 0 Å². The largest absolute Gasteiger partial charge is 0.461 e. The van der Waals surface area contributed by atoms with Crippen LogP contribution in [0.25, 0.3) is 0 Å².